The van der Waals surface area contributed by atoms with E-state index >= 15 is 0 Å². The van der Waals surface area contributed by atoms with Crippen molar-refractivity contribution in [2.24, 2.45) is 0 Å². The van der Waals surface area contributed by atoms with Crippen molar-refractivity contribution in [2.75, 3.05) is 5.32 Å². The van der Waals surface area contributed by atoms with Crippen LogP contribution in [0.15, 0.2) is 51.6 Å². The van der Waals surface area contributed by atoms with E-state index in [0.29, 0.717) is 10.0 Å². The Kier molecular flexibility index (Phi) is 4.92. The highest BCUT2D eigenvalue weighted by atomic mass is 79.9. The van der Waals surface area contributed by atoms with Crippen LogP contribution in [0.1, 0.15) is 15.8 Å². The van der Waals surface area contributed by atoms with Gasteiger partial charge in [0.05, 0.1) is 21.8 Å². The fourth-order valence-electron chi connectivity index (χ4n) is 2.02. The minimum absolute atomic E-state index is 0.0566. The molecule has 6 heteroatoms. The summed E-state index contributed by atoms with van der Waals surface area (Å²) in [6.07, 6.45) is 0. The van der Waals surface area contributed by atoms with Crippen molar-refractivity contribution < 1.29 is 0 Å². The smallest absolute Gasteiger partial charge is 0.0954 e. The lowest BCUT2D eigenvalue weighted by Gasteiger charge is -2.19. The summed E-state index contributed by atoms with van der Waals surface area (Å²) in [7, 11) is 0. The summed E-state index contributed by atoms with van der Waals surface area (Å²) in [5.74, 6) is 0. The van der Waals surface area contributed by atoms with Crippen LogP contribution in [0, 0.1) is 0 Å². The number of halogens is 3. The number of thiophene rings is 2. The Bertz CT molecular complexity index is 669. The molecule has 0 amide bonds. The third-order valence-corrected chi connectivity index (χ3v) is 5.88. The molecule has 0 aliphatic heterocycles. The summed E-state index contributed by atoms with van der Waals surface area (Å²) in [6, 6.07) is 12.1. The van der Waals surface area contributed by atoms with Gasteiger partial charge in [-0.1, -0.05) is 51.3 Å². The van der Waals surface area contributed by atoms with Crippen LogP contribution in [0.2, 0.25) is 10.0 Å². The van der Waals surface area contributed by atoms with Gasteiger partial charge in [0.25, 0.3) is 0 Å². The van der Waals surface area contributed by atoms with E-state index in [-0.39, 0.29) is 6.04 Å². The Morgan fingerprint density at radius 2 is 1.48 bits per heavy atom. The van der Waals surface area contributed by atoms with Gasteiger partial charge in [0.2, 0.25) is 0 Å². The van der Waals surface area contributed by atoms with E-state index in [1.807, 2.05) is 24.3 Å². The third-order valence-electron chi connectivity index (χ3n) is 2.95. The molecule has 0 radical (unpaired) electrons. The van der Waals surface area contributed by atoms with Gasteiger partial charge < -0.3 is 5.32 Å². The van der Waals surface area contributed by atoms with E-state index in [1.54, 1.807) is 22.7 Å². The predicted octanol–water partition coefficient (Wildman–Crippen LogP) is 7.08. The van der Waals surface area contributed by atoms with Gasteiger partial charge in [-0.15, -0.1) is 22.7 Å². The van der Waals surface area contributed by atoms with Crippen molar-refractivity contribution in [1.82, 2.24) is 0 Å². The maximum absolute atomic E-state index is 6.33. The van der Waals surface area contributed by atoms with E-state index < -0.39 is 0 Å². The quantitative estimate of drug-likeness (QED) is 0.477. The van der Waals surface area contributed by atoms with Crippen LogP contribution in [-0.2, 0) is 0 Å². The molecule has 0 spiro atoms. The molecule has 2 aromatic heterocycles. The monoisotopic (exact) mass is 417 g/mol. The summed E-state index contributed by atoms with van der Waals surface area (Å²) in [4.78, 5) is 2.46. The first-order valence-electron chi connectivity index (χ1n) is 6.13. The Hall–Kier alpha value is -0.520. The molecule has 108 valence electrons. The van der Waals surface area contributed by atoms with Crippen molar-refractivity contribution in [3.63, 3.8) is 0 Å². The summed E-state index contributed by atoms with van der Waals surface area (Å²) in [5, 5.41) is 8.84. The lowest BCUT2D eigenvalue weighted by molar-refractivity contribution is 0.993. The average molecular weight is 419 g/mol. The molecular formula is C15H10BrCl2NS2. The van der Waals surface area contributed by atoms with Gasteiger partial charge in [-0.3, -0.25) is 0 Å². The van der Waals surface area contributed by atoms with E-state index in [2.05, 4.69) is 44.1 Å². The molecule has 3 aromatic rings. The number of rotatable bonds is 4. The fraction of sp³-hybridized carbons (Fsp3) is 0.0667. The van der Waals surface area contributed by atoms with E-state index in [0.717, 1.165) is 10.2 Å². The predicted molar refractivity (Wildman–Crippen MR) is 98.3 cm³/mol. The number of hydrogen-bond donors (Lipinski definition) is 1. The summed E-state index contributed by atoms with van der Waals surface area (Å²) in [6.45, 7) is 0. The van der Waals surface area contributed by atoms with Crippen LogP contribution in [0.25, 0.3) is 0 Å². The van der Waals surface area contributed by atoms with Gasteiger partial charge in [0.1, 0.15) is 0 Å². The first-order chi connectivity index (χ1) is 10.1. The Morgan fingerprint density at radius 1 is 0.952 bits per heavy atom. The largest absolute Gasteiger partial charge is 0.370 e. The highest BCUT2D eigenvalue weighted by Crippen LogP contribution is 2.39. The molecule has 0 aliphatic carbocycles. The van der Waals surface area contributed by atoms with Crippen molar-refractivity contribution in [3.05, 3.63) is 71.4 Å². The molecule has 0 atom stereocenters. The molecule has 1 aromatic carbocycles. The molecule has 0 saturated carbocycles. The Labute approximate surface area is 149 Å². The van der Waals surface area contributed by atoms with Crippen molar-refractivity contribution in [3.8, 4) is 0 Å². The van der Waals surface area contributed by atoms with Gasteiger partial charge in [-0.05, 0) is 35.0 Å². The second kappa shape index (κ2) is 6.71. The topological polar surface area (TPSA) is 12.0 Å². The summed E-state index contributed by atoms with van der Waals surface area (Å²) < 4.78 is 0.867. The molecule has 1 nitrogen and oxygen atoms in total. The van der Waals surface area contributed by atoms with Gasteiger partial charge >= 0.3 is 0 Å². The van der Waals surface area contributed by atoms with Crippen LogP contribution in [0.4, 0.5) is 5.69 Å². The molecule has 0 aliphatic rings. The molecule has 0 unspecified atom stereocenters. The minimum atomic E-state index is 0.0566. The maximum atomic E-state index is 6.33. The van der Waals surface area contributed by atoms with Gasteiger partial charge in [-0.2, -0.15) is 0 Å². The van der Waals surface area contributed by atoms with Gasteiger partial charge in [0.15, 0.2) is 0 Å². The van der Waals surface area contributed by atoms with Crippen LogP contribution >= 0.6 is 61.8 Å². The molecule has 1 N–H and O–H groups in total. The zero-order chi connectivity index (χ0) is 14.8. The van der Waals surface area contributed by atoms with Crippen molar-refractivity contribution in [1.29, 1.82) is 0 Å². The Balaban J connectivity index is 2.00. The lowest BCUT2D eigenvalue weighted by Crippen LogP contribution is -2.10. The number of anilines is 1. The van der Waals surface area contributed by atoms with Gasteiger partial charge in [0, 0.05) is 14.2 Å². The minimum Gasteiger partial charge on any atom is -0.370 e. The number of hydrogen-bond acceptors (Lipinski definition) is 3. The normalized spacial score (nSPS) is 11.0. The highest BCUT2D eigenvalue weighted by Gasteiger charge is 2.19. The summed E-state index contributed by atoms with van der Waals surface area (Å²) in [5.41, 5.74) is 0.758. The lowest BCUT2D eigenvalue weighted by atomic mass is 10.2. The second-order valence-electron chi connectivity index (χ2n) is 4.35. The number of benzene rings is 1. The molecule has 21 heavy (non-hydrogen) atoms. The van der Waals surface area contributed by atoms with E-state index in [1.165, 1.54) is 9.75 Å². The van der Waals surface area contributed by atoms with Crippen LogP contribution in [0.3, 0.4) is 0 Å². The van der Waals surface area contributed by atoms with Gasteiger partial charge in [-0.25, -0.2) is 0 Å². The highest BCUT2D eigenvalue weighted by molar-refractivity contribution is 9.10. The maximum Gasteiger partial charge on any atom is 0.0954 e. The van der Waals surface area contributed by atoms with Crippen LogP contribution < -0.4 is 5.32 Å². The van der Waals surface area contributed by atoms with Crippen molar-refractivity contribution >= 4 is 67.5 Å². The third kappa shape index (κ3) is 3.46. The van der Waals surface area contributed by atoms with Crippen LogP contribution in [-0.4, -0.2) is 0 Å². The molecule has 2 heterocycles. The molecule has 0 bridgehead atoms. The summed E-state index contributed by atoms with van der Waals surface area (Å²) >= 11 is 19.5. The molecule has 3 rings (SSSR count). The fourth-order valence-corrected chi connectivity index (χ4v) is 5.00. The first-order valence-corrected chi connectivity index (χ1v) is 9.44. The van der Waals surface area contributed by atoms with Crippen LogP contribution in [0.5, 0.6) is 0 Å². The molecular weight excluding hydrogens is 409 g/mol. The van der Waals surface area contributed by atoms with E-state index in [9.17, 15) is 0 Å². The Morgan fingerprint density at radius 3 is 1.90 bits per heavy atom. The van der Waals surface area contributed by atoms with Crippen molar-refractivity contribution in [2.45, 2.75) is 6.04 Å². The zero-order valence-electron chi connectivity index (χ0n) is 10.6. The van der Waals surface area contributed by atoms with E-state index in [4.69, 9.17) is 23.2 Å². The molecule has 0 saturated heterocycles. The molecule has 0 fully saturated rings. The standard InChI is InChI=1S/C15H10BrCl2NS2/c16-9-7-10(17)14(11(18)8-9)19-15(12-3-1-5-20-12)13-4-2-6-21-13/h1-8,15,19H. The zero-order valence-corrected chi connectivity index (χ0v) is 15.4. The number of nitrogens with one attached hydrogen (secondary N) is 1. The average Bonchev–Trinajstić information content (AvgIpc) is 3.11. The first kappa shape index (κ1) is 15.4. The second-order valence-corrected chi connectivity index (χ2v) is 8.04. The SMILES string of the molecule is Clc1cc(Br)cc(Cl)c1NC(c1cccs1)c1cccs1.